The lowest BCUT2D eigenvalue weighted by Crippen LogP contribution is -2.63. The number of ether oxygens (including phenoxy) is 1. The van der Waals surface area contributed by atoms with Crippen molar-refractivity contribution >= 4 is 17.9 Å². The van der Waals surface area contributed by atoms with Gasteiger partial charge in [-0.15, -0.1) is 0 Å². The quantitative estimate of drug-likeness (QED) is 0.511. The molecule has 0 aliphatic carbocycles. The maximum Gasteiger partial charge on any atom is 0.338 e. The SMILES string of the molecule is CCOC(=O)C1=C(CN2CCC(C(N)=O)(N3CCCCC3)CC2)NC(=O)NC1c1ccc(C)cc1. The minimum atomic E-state index is -0.614. The van der Waals surface area contributed by atoms with Crippen LogP contribution in [0.15, 0.2) is 35.5 Å². The summed E-state index contributed by atoms with van der Waals surface area (Å²) in [7, 11) is 0. The van der Waals surface area contributed by atoms with Crippen LogP contribution in [0.4, 0.5) is 4.79 Å². The molecule has 4 rings (SSSR count). The molecule has 0 saturated carbocycles. The summed E-state index contributed by atoms with van der Waals surface area (Å²) >= 11 is 0. The van der Waals surface area contributed by atoms with Gasteiger partial charge in [-0.1, -0.05) is 36.2 Å². The van der Waals surface area contributed by atoms with Crippen molar-refractivity contribution in [1.29, 1.82) is 0 Å². The van der Waals surface area contributed by atoms with Crippen molar-refractivity contribution in [2.75, 3.05) is 39.3 Å². The summed E-state index contributed by atoms with van der Waals surface area (Å²) in [6.07, 6.45) is 4.65. The summed E-state index contributed by atoms with van der Waals surface area (Å²) in [5, 5.41) is 5.74. The lowest BCUT2D eigenvalue weighted by atomic mass is 9.83. The fourth-order valence-electron chi connectivity index (χ4n) is 5.55. The van der Waals surface area contributed by atoms with Gasteiger partial charge in [-0.05, 0) is 58.2 Å². The lowest BCUT2D eigenvalue weighted by Gasteiger charge is -2.48. The third-order valence-corrected chi connectivity index (χ3v) is 7.54. The van der Waals surface area contributed by atoms with Crippen molar-refractivity contribution in [2.24, 2.45) is 5.73 Å². The first kappa shape index (κ1) is 25.2. The van der Waals surface area contributed by atoms with Gasteiger partial charge in [0.05, 0.1) is 18.2 Å². The molecule has 3 aliphatic heterocycles. The normalized spacial score (nSPS) is 23.4. The van der Waals surface area contributed by atoms with Crippen LogP contribution in [-0.4, -0.2) is 72.6 Å². The largest absolute Gasteiger partial charge is 0.463 e. The molecule has 0 bridgehead atoms. The van der Waals surface area contributed by atoms with Gasteiger partial charge in [-0.25, -0.2) is 9.59 Å². The maximum absolute atomic E-state index is 13.0. The Bertz CT molecular complexity index is 976. The van der Waals surface area contributed by atoms with Crippen LogP contribution in [-0.2, 0) is 14.3 Å². The van der Waals surface area contributed by atoms with Gasteiger partial charge in [0.2, 0.25) is 5.91 Å². The summed E-state index contributed by atoms with van der Waals surface area (Å²) in [5.41, 5.74) is 8.19. The predicted octanol–water partition coefficient (Wildman–Crippen LogP) is 1.97. The Morgan fingerprint density at radius 2 is 1.74 bits per heavy atom. The van der Waals surface area contributed by atoms with Crippen molar-refractivity contribution in [2.45, 2.75) is 57.5 Å². The Kier molecular flexibility index (Phi) is 7.76. The highest BCUT2D eigenvalue weighted by Gasteiger charge is 2.45. The number of nitrogens with one attached hydrogen (secondary N) is 2. The molecular weight excluding hydrogens is 446 g/mol. The first-order chi connectivity index (χ1) is 16.8. The minimum absolute atomic E-state index is 0.241. The van der Waals surface area contributed by atoms with Crippen molar-refractivity contribution in [3.63, 3.8) is 0 Å². The number of hydrogen-bond donors (Lipinski definition) is 3. The first-order valence-corrected chi connectivity index (χ1v) is 12.7. The molecule has 2 saturated heterocycles. The van der Waals surface area contributed by atoms with E-state index in [9.17, 15) is 14.4 Å². The number of likely N-dealkylation sites (tertiary alicyclic amines) is 2. The van der Waals surface area contributed by atoms with E-state index in [0.29, 0.717) is 43.7 Å². The van der Waals surface area contributed by atoms with Gasteiger partial charge >= 0.3 is 12.0 Å². The van der Waals surface area contributed by atoms with Crippen molar-refractivity contribution < 1.29 is 19.1 Å². The van der Waals surface area contributed by atoms with E-state index in [0.717, 1.165) is 37.1 Å². The number of esters is 1. The van der Waals surface area contributed by atoms with E-state index >= 15 is 0 Å². The van der Waals surface area contributed by atoms with Gasteiger partial charge in [-0.2, -0.15) is 0 Å². The second-order valence-electron chi connectivity index (χ2n) is 9.77. The standard InChI is InChI=1S/C26H37N5O4/c1-3-35-23(32)21-20(28-25(34)29-22(21)19-9-7-18(2)8-10-19)17-30-15-11-26(12-16-30,24(27)33)31-13-5-4-6-14-31/h7-10,22H,3-6,11-17H2,1-2H3,(H2,27,33)(H2,28,29,34). The average molecular weight is 484 g/mol. The summed E-state index contributed by atoms with van der Waals surface area (Å²) in [4.78, 5) is 42.7. The molecule has 1 aromatic rings. The van der Waals surface area contributed by atoms with Crippen molar-refractivity contribution in [3.05, 3.63) is 46.7 Å². The molecule has 3 amide bonds. The number of carbonyl (C=O) groups excluding carboxylic acids is 3. The van der Waals surface area contributed by atoms with Gasteiger partial charge in [0.25, 0.3) is 0 Å². The van der Waals surface area contributed by atoms with Crippen molar-refractivity contribution in [1.82, 2.24) is 20.4 Å². The fourth-order valence-corrected chi connectivity index (χ4v) is 5.55. The zero-order chi connectivity index (χ0) is 25.0. The number of carbonyl (C=O) groups is 3. The molecule has 1 atom stereocenters. The van der Waals surface area contributed by atoms with Gasteiger partial charge in [0.1, 0.15) is 5.54 Å². The van der Waals surface area contributed by atoms with Crippen LogP contribution < -0.4 is 16.4 Å². The highest BCUT2D eigenvalue weighted by molar-refractivity contribution is 5.95. The van der Waals surface area contributed by atoms with Gasteiger partial charge in [-0.3, -0.25) is 14.6 Å². The van der Waals surface area contributed by atoms with E-state index in [1.54, 1.807) is 6.92 Å². The number of benzene rings is 1. The molecule has 3 heterocycles. The summed E-state index contributed by atoms with van der Waals surface area (Å²) in [6.45, 7) is 7.49. The van der Waals surface area contributed by atoms with Gasteiger partial charge in [0, 0.05) is 25.3 Å². The number of nitrogens with zero attached hydrogens (tertiary/aromatic N) is 2. The molecule has 3 aliphatic rings. The molecule has 1 unspecified atom stereocenters. The fraction of sp³-hybridized carbons (Fsp3) is 0.577. The summed E-state index contributed by atoms with van der Waals surface area (Å²) in [5.74, 6) is -0.697. The highest BCUT2D eigenvalue weighted by atomic mass is 16.5. The monoisotopic (exact) mass is 483 g/mol. The number of urea groups is 1. The Morgan fingerprint density at radius 1 is 1.09 bits per heavy atom. The number of hydrogen-bond acceptors (Lipinski definition) is 6. The van der Waals surface area contributed by atoms with Crippen molar-refractivity contribution in [3.8, 4) is 0 Å². The number of rotatable bonds is 7. The zero-order valence-corrected chi connectivity index (χ0v) is 20.8. The zero-order valence-electron chi connectivity index (χ0n) is 20.8. The molecule has 0 aromatic heterocycles. The Hall–Kier alpha value is -2.91. The van der Waals surface area contributed by atoms with E-state index in [1.807, 2.05) is 31.2 Å². The van der Waals surface area contributed by atoms with Crippen LogP contribution in [0, 0.1) is 6.92 Å². The molecule has 2 fully saturated rings. The Morgan fingerprint density at radius 3 is 2.34 bits per heavy atom. The van der Waals surface area contributed by atoms with Crippen LogP contribution in [0.3, 0.4) is 0 Å². The molecule has 0 spiro atoms. The average Bonchev–Trinajstić information content (AvgIpc) is 2.85. The molecule has 35 heavy (non-hydrogen) atoms. The van der Waals surface area contributed by atoms with Crippen LogP contribution >= 0.6 is 0 Å². The van der Waals surface area contributed by atoms with E-state index in [2.05, 4.69) is 20.4 Å². The maximum atomic E-state index is 13.0. The summed E-state index contributed by atoms with van der Waals surface area (Å²) < 4.78 is 5.38. The number of aryl methyl sites for hydroxylation is 1. The highest BCUT2D eigenvalue weighted by Crippen LogP contribution is 2.33. The third kappa shape index (κ3) is 5.36. The first-order valence-electron chi connectivity index (χ1n) is 12.7. The number of primary amides is 1. The van der Waals surface area contributed by atoms with E-state index < -0.39 is 17.6 Å². The third-order valence-electron chi connectivity index (χ3n) is 7.54. The summed E-state index contributed by atoms with van der Waals surface area (Å²) in [6, 6.07) is 6.81. The molecular formula is C26H37N5O4. The minimum Gasteiger partial charge on any atom is -0.463 e. The van der Waals surface area contributed by atoms with Gasteiger partial charge in [0.15, 0.2) is 0 Å². The second-order valence-corrected chi connectivity index (χ2v) is 9.77. The van der Waals surface area contributed by atoms with E-state index in [-0.39, 0.29) is 18.5 Å². The second kappa shape index (κ2) is 10.8. The molecule has 0 radical (unpaired) electrons. The van der Waals surface area contributed by atoms with Gasteiger partial charge < -0.3 is 21.1 Å². The van der Waals surface area contributed by atoms with Crippen LogP contribution in [0.25, 0.3) is 0 Å². The Balaban J connectivity index is 1.57. The van der Waals surface area contributed by atoms with E-state index in [4.69, 9.17) is 10.5 Å². The molecule has 1 aromatic carbocycles. The van der Waals surface area contributed by atoms with Crippen LogP contribution in [0.5, 0.6) is 0 Å². The molecule has 190 valence electrons. The molecule has 9 heteroatoms. The lowest BCUT2D eigenvalue weighted by molar-refractivity contribution is -0.139. The number of nitrogens with two attached hydrogens (primary N) is 1. The number of amides is 3. The topological polar surface area (TPSA) is 117 Å². The Labute approximate surface area is 207 Å². The smallest absolute Gasteiger partial charge is 0.338 e. The van der Waals surface area contributed by atoms with E-state index in [1.165, 1.54) is 6.42 Å². The molecule has 9 nitrogen and oxygen atoms in total. The predicted molar refractivity (Wildman–Crippen MR) is 132 cm³/mol. The number of piperidine rings is 2. The molecule has 4 N–H and O–H groups in total. The van der Waals surface area contributed by atoms with Crippen LogP contribution in [0.2, 0.25) is 0 Å². The van der Waals surface area contributed by atoms with Crippen LogP contribution in [0.1, 0.15) is 56.2 Å².